The fourth-order valence-electron chi connectivity index (χ4n) is 3.68. The molecule has 0 spiro atoms. The van der Waals surface area contributed by atoms with Gasteiger partial charge in [0.1, 0.15) is 0 Å². The van der Waals surface area contributed by atoms with E-state index in [9.17, 15) is 18.0 Å². The Hall–Kier alpha value is -1.56. The maximum Gasteiger partial charge on any atom is 0.416 e. The first-order valence-corrected chi connectivity index (χ1v) is 8.06. The van der Waals surface area contributed by atoms with E-state index in [4.69, 9.17) is 0 Å². The number of alkyl halides is 3. The lowest BCUT2D eigenvalue weighted by Crippen LogP contribution is -2.45. The van der Waals surface area contributed by atoms with Crippen molar-refractivity contribution in [3.8, 4) is 0 Å². The van der Waals surface area contributed by atoms with Crippen molar-refractivity contribution < 1.29 is 18.0 Å². The molecule has 1 N–H and O–H groups in total. The molecule has 23 heavy (non-hydrogen) atoms. The molecule has 6 heteroatoms. The predicted octanol–water partition coefficient (Wildman–Crippen LogP) is 2.98. The van der Waals surface area contributed by atoms with E-state index in [-0.39, 0.29) is 24.8 Å². The monoisotopic (exact) mass is 326 g/mol. The van der Waals surface area contributed by atoms with Crippen molar-refractivity contribution in [1.29, 1.82) is 0 Å². The first kappa shape index (κ1) is 16.3. The van der Waals surface area contributed by atoms with Gasteiger partial charge in [0.15, 0.2) is 0 Å². The van der Waals surface area contributed by atoms with Crippen LogP contribution in [0.3, 0.4) is 0 Å². The molecular formula is C17H21F3N2O. The average molecular weight is 326 g/mol. The normalized spacial score (nSPS) is 25.1. The third-order valence-corrected chi connectivity index (χ3v) is 4.86. The highest BCUT2D eigenvalue weighted by Gasteiger charge is 2.36. The molecule has 1 fully saturated rings. The fourth-order valence-corrected chi connectivity index (χ4v) is 3.68. The number of amides is 1. The van der Waals surface area contributed by atoms with E-state index >= 15 is 0 Å². The quantitative estimate of drug-likeness (QED) is 0.860. The van der Waals surface area contributed by atoms with E-state index in [1.807, 2.05) is 0 Å². The number of carbonyl (C=O) groups excluding carboxylic acids is 1. The maximum atomic E-state index is 13.1. The Balaban J connectivity index is 1.77. The number of nitrogens with zero attached hydrogens (tertiary/aromatic N) is 1. The number of hydrogen-bond acceptors (Lipinski definition) is 2. The lowest BCUT2D eigenvalue weighted by Gasteiger charge is -2.35. The molecule has 0 unspecified atom stereocenters. The van der Waals surface area contributed by atoms with Gasteiger partial charge in [0, 0.05) is 25.0 Å². The van der Waals surface area contributed by atoms with E-state index in [1.165, 1.54) is 6.07 Å². The summed E-state index contributed by atoms with van der Waals surface area (Å²) in [6, 6.07) is 4.58. The second kappa shape index (κ2) is 6.15. The Labute approximate surface area is 133 Å². The number of fused-ring (bicyclic) bond motifs is 1. The second-order valence-electron chi connectivity index (χ2n) is 6.53. The van der Waals surface area contributed by atoms with Gasteiger partial charge < -0.3 is 10.2 Å². The Kier molecular flexibility index (Phi) is 4.36. The summed E-state index contributed by atoms with van der Waals surface area (Å²) in [6.07, 6.45) is -2.46. The first-order valence-electron chi connectivity index (χ1n) is 8.06. The Morgan fingerprint density at radius 1 is 1.35 bits per heavy atom. The van der Waals surface area contributed by atoms with Gasteiger partial charge in [-0.2, -0.15) is 13.2 Å². The number of hydrogen-bond donors (Lipinski definition) is 1. The largest absolute Gasteiger partial charge is 0.416 e. The van der Waals surface area contributed by atoms with Crippen LogP contribution >= 0.6 is 0 Å². The van der Waals surface area contributed by atoms with Crippen molar-refractivity contribution in [2.75, 3.05) is 13.1 Å². The summed E-state index contributed by atoms with van der Waals surface area (Å²) in [5.41, 5.74) is 0.418. The molecule has 1 saturated heterocycles. The molecule has 0 aromatic heterocycles. The summed E-state index contributed by atoms with van der Waals surface area (Å²) in [4.78, 5) is 14.4. The molecule has 2 heterocycles. The summed E-state index contributed by atoms with van der Waals surface area (Å²) in [7, 11) is 0. The van der Waals surface area contributed by atoms with Crippen LogP contribution in [0.2, 0.25) is 0 Å². The highest BCUT2D eigenvalue weighted by molar-refractivity contribution is 5.79. The maximum absolute atomic E-state index is 13.1. The van der Waals surface area contributed by atoms with Crippen LogP contribution in [-0.4, -0.2) is 29.9 Å². The highest BCUT2D eigenvalue weighted by Crippen LogP contribution is 2.36. The zero-order chi connectivity index (χ0) is 16.6. The fraction of sp³-hybridized carbons (Fsp3) is 0.588. The smallest absolute Gasteiger partial charge is 0.338 e. The molecule has 126 valence electrons. The van der Waals surface area contributed by atoms with Crippen molar-refractivity contribution in [1.82, 2.24) is 10.2 Å². The minimum Gasteiger partial charge on any atom is -0.338 e. The summed E-state index contributed by atoms with van der Waals surface area (Å²) < 4.78 is 39.2. The van der Waals surface area contributed by atoms with E-state index in [2.05, 4.69) is 12.2 Å². The zero-order valence-corrected chi connectivity index (χ0v) is 13.1. The summed E-state index contributed by atoms with van der Waals surface area (Å²) >= 11 is 0. The molecule has 1 aromatic rings. The van der Waals surface area contributed by atoms with Crippen molar-refractivity contribution in [2.24, 2.45) is 5.92 Å². The number of piperidine rings is 1. The minimum absolute atomic E-state index is 0.0152. The van der Waals surface area contributed by atoms with Crippen molar-refractivity contribution >= 4 is 5.91 Å². The number of halogens is 3. The Bertz CT molecular complexity index is 600. The third-order valence-electron chi connectivity index (χ3n) is 4.86. The molecule has 1 amide bonds. The molecule has 1 aromatic carbocycles. The lowest BCUT2D eigenvalue weighted by atomic mass is 9.89. The second-order valence-corrected chi connectivity index (χ2v) is 6.53. The van der Waals surface area contributed by atoms with Gasteiger partial charge in [0.05, 0.1) is 5.56 Å². The molecule has 3 nitrogen and oxygen atoms in total. The van der Waals surface area contributed by atoms with Gasteiger partial charge in [-0.15, -0.1) is 0 Å². The van der Waals surface area contributed by atoms with Crippen molar-refractivity contribution in [3.05, 3.63) is 34.9 Å². The zero-order valence-electron chi connectivity index (χ0n) is 13.1. The number of carbonyl (C=O) groups is 1. The van der Waals surface area contributed by atoms with Gasteiger partial charge in [-0.1, -0.05) is 12.1 Å². The molecule has 0 radical (unpaired) electrons. The van der Waals surface area contributed by atoms with Crippen LogP contribution in [0.5, 0.6) is 0 Å². The van der Waals surface area contributed by atoms with Gasteiger partial charge in [-0.05, 0) is 49.9 Å². The van der Waals surface area contributed by atoms with E-state index < -0.39 is 11.7 Å². The van der Waals surface area contributed by atoms with E-state index in [0.29, 0.717) is 23.7 Å². The topological polar surface area (TPSA) is 32.3 Å². The van der Waals surface area contributed by atoms with E-state index in [0.717, 1.165) is 25.5 Å². The number of rotatable bonds is 1. The van der Waals surface area contributed by atoms with Crippen LogP contribution in [0, 0.1) is 5.92 Å². The molecule has 0 saturated carbocycles. The van der Waals surface area contributed by atoms with Crippen LogP contribution in [0.25, 0.3) is 0 Å². The third kappa shape index (κ3) is 3.37. The molecular weight excluding hydrogens is 305 g/mol. The van der Waals surface area contributed by atoms with Crippen LogP contribution in [-0.2, 0) is 23.9 Å². The van der Waals surface area contributed by atoms with Crippen LogP contribution in [0.1, 0.15) is 36.5 Å². The molecule has 0 bridgehead atoms. The van der Waals surface area contributed by atoms with Crippen LogP contribution in [0.15, 0.2) is 18.2 Å². The van der Waals surface area contributed by atoms with Crippen molar-refractivity contribution in [3.63, 3.8) is 0 Å². The SMILES string of the molecule is C[C@H]1C[C@@H](C(=O)N2CCc3c(cccc3C(F)(F)F)C2)CCN1. The van der Waals surface area contributed by atoms with Gasteiger partial charge in [0.2, 0.25) is 5.91 Å². The lowest BCUT2D eigenvalue weighted by molar-refractivity contribution is -0.139. The molecule has 3 rings (SSSR count). The first-order chi connectivity index (χ1) is 10.9. The van der Waals surface area contributed by atoms with Gasteiger partial charge >= 0.3 is 6.18 Å². The Morgan fingerprint density at radius 3 is 2.83 bits per heavy atom. The van der Waals surface area contributed by atoms with Gasteiger partial charge in [-0.25, -0.2) is 0 Å². The molecule has 0 aliphatic carbocycles. The van der Waals surface area contributed by atoms with E-state index in [1.54, 1.807) is 11.0 Å². The average Bonchev–Trinajstić information content (AvgIpc) is 2.52. The number of benzene rings is 1. The highest BCUT2D eigenvalue weighted by atomic mass is 19.4. The summed E-state index contributed by atoms with van der Waals surface area (Å²) in [5.74, 6) is 0.0695. The summed E-state index contributed by atoms with van der Waals surface area (Å²) in [5, 5.41) is 3.31. The van der Waals surface area contributed by atoms with Gasteiger partial charge in [0.25, 0.3) is 0 Å². The van der Waals surface area contributed by atoms with Crippen LogP contribution in [0.4, 0.5) is 13.2 Å². The Morgan fingerprint density at radius 2 is 2.13 bits per heavy atom. The predicted molar refractivity (Wildman–Crippen MR) is 80.8 cm³/mol. The van der Waals surface area contributed by atoms with Gasteiger partial charge in [-0.3, -0.25) is 4.79 Å². The summed E-state index contributed by atoms with van der Waals surface area (Å²) in [6.45, 7) is 3.54. The molecule has 2 atom stereocenters. The molecule has 2 aliphatic heterocycles. The molecule has 2 aliphatic rings. The standard InChI is InChI=1S/C17H21F3N2O/c1-11-9-12(5-7-21-11)16(23)22-8-6-14-13(10-22)3-2-4-15(14)17(18,19)20/h2-4,11-12,21H,5-10H2,1H3/t11-,12-/m0/s1. The van der Waals surface area contributed by atoms with Crippen LogP contribution < -0.4 is 5.32 Å². The minimum atomic E-state index is -4.33. The number of nitrogens with one attached hydrogen (secondary N) is 1. The van der Waals surface area contributed by atoms with Crippen molar-refractivity contribution in [2.45, 2.75) is 44.9 Å².